The molecule has 24 rings (SSSR count). The van der Waals surface area contributed by atoms with Crippen LogP contribution in [-0.2, 0) is 80.4 Å². The maximum atomic E-state index is 13.2. The van der Waals surface area contributed by atoms with Gasteiger partial charge in [0.15, 0.2) is 0 Å². The van der Waals surface area contributed by atoms with Gasteiger partial charge in [0.1, 0.15) is 5.69 Å². The molecule has 0 spiro atoms. The molecule has 1 N–H and O–H groups in total. The molecule has 13 nitrogen and oxygen atoms in total. The first-order valence-corrected chi connectivity index (χ1v) is 46.6. The number of benzene rings is 13. The fourth-order valence-electron chi connectivity index (χ4n) is 14.0. The average molecular weight is 2660 g/mol. The van der Waals surface area contributed by atoms with Crippen molar-refractivity contribution in [2.75, 3.05) is 0 Å². The van der Waals surface area contributed by atoms with E-state index >= 15 is 0 Å². The van der Waals surface area contributed by atoms with Crippen molar-refractivity contribution < 1.29 is 99.1 Å². The summed E-state index contributed by atoms with van der Waals surface area (Å²) in [5.74, 6) is -2.28. The van der Waals surface area contributed by atoms with Crippen LogP contribution in [-0.4, -0.2) is 65.9 Å². The predicted octanol–water partition coefficient (Wildman–Crippen LogP) is 30.9. The van der Waals surface area contributed by atoms with Gasteiger partial charge in [-0.2, -0.15) is 0 Å². The van der Waals surface area contributed by atoms with E-state index in [4.69, 9.17) is 5.11 Å². The van der Waals surface area contributed by atoms with Gasteiger partial charge in [-0.05, 0) is 162 Å². The van der Waals surface area contributed by atoms with Crippen molar-refractivity contribution in [1.29, 1.82) is 0 Å². The fraction of sp³-hybridized carbons (Fsp3) is 0.0229. The summed E-state index contributed by atoms with van der Waals surface area (Å²) in [6.45, 7) is 6.16. The molecule has 2 radical (unpaired) electrons. The zero-order chi connectivity index (χ0) is 101. The molecule has 11 heterocycles. The minimum absolute atomic E-state index is 0. The van der Waals surface area contributed by atoms with Crippen LogP contribution < -0.4 is 0 Å². The summed E-state index contributed by atoms with van der Waals surface area (Å²) in [5, 5.41) is 15.5. The third-order valence-corrected chi connectivity index (χ3v) is 21.3. The van der Waals surface area contributed by atoms with Crippen molar-refractivity contribution in [3.63, 3.8) is 0 Å². The van der Waals surface area contributed by atoms with E-state index in [-0.39, 0.29) is 91.7 Å². The van der Waals surface area contributed by atoms with Gasteiger partial charge < -0.3 is 54.9 Å². The first-order valence-electron chi connectivity index (χ1n) is 46.6. The molecule has 11 aromatic heterocycles. The Morgan fingerprint density at radius 3 is 0.687 bits per heavy atom. The normalized spacial score (nSPS) is 9.74. The second-order valence-electron chi connectivity index (χ2n) is 31.7. The molecule has 0 unspecified atom stereocenters. The van der Waals surface area contributed by atoms with E-state index in [2.05, 4.69) is 191 Å². The maximum Gasteiger partial charge on any atom is 3.00 e. The van der Waals surface area contributed by atoms with Gasteiger partial charge in [-0.15, -0.1) is 334 Å². The number of nitrogens with zero attached hydrogens (tertiary/aromatic N) is 11. The first kappa shape index (κ1) is 115. The van der Waals surface area contributed by atoms with Crippen molar-refractivity contribution in [3.05, 3.63) is 612 Å². The van der Waals surface area contributed by atoms with Crippen LogP contribution in [0.3, 0.4) is 0 Å². The Balaban J connectivity index is 0.000000169. The van der Waals surface area contributed by atoms with Gasteiger partial charge in [0, 0.05) is 120 Å². The van der Waals surface area contributed by atoms with Crippen LogP contribution in [0.5, 0.6) is 0 Å². The zero-order valence-corrected chi connectivity index (χ0v) is 91.0. The minimum atomic E-state index is -0.990. The van der Waals surface area contributed by atoms with E-state index in [1.54, 1.807) is 73.7 Å². The number of hydrogen-bond acceptors (Lipinski definition) is 12. The molecule has 0 atom stereocenters. The summed E-state index contributed by atoms with van der Waals surface area (Å²) < 4.78 is 25.8. The Hall–Kier alpha value is -16.8. The van der Waals surface area contributed by atoms with Crippen LogP contribution in [0.4, 0.5) is 8.78 Å². The molecular formula is C131H95F2Ir4N11O2-4. The number of carboxylic acid groups (broad SMARTS) is 1. The maximum absolute atomic E-state index is 13.2. The van der Waals surface area contributed by atoms with Crippen molar-refractivity contribution >= 4 is 38.3 Å². The number of carbonyl (C=O) groups is 1. The molecular weight excluding hydrogens is 2570 g/mol. The molecule has 0 fully saturated rings. The number of pyridine rings is 11. The predicted molar refractivity (Wildman–Crippen MR) is 583 cm³/mol. The Bertz CT molecular complexity index is 7150. The van der Waals surface area contributed by atoms with Crippen molar-refractivity contribution in [3.8, 4) is 113 Å². The Labute approximate surface area is 929 Å². The topological polar surface area (TPSA) is 179 Å². The molecule has 0 amide bonds. The van der Waals surface area contributed by atoms with Crippen molar-refractivity contribution in [2.45, 2.75) is 20.8 Å². The number of carboxylic acids is 1. The van der Waals surface area contributed by atoms with Crippen LogP contribution in [0, 0.1) is 93.1 Å². The summed E-state index contributed by atoms with van der Waals surface area (Å²) in [4.78, 5) is 56.4. The van der Waals surface area contributed by atoms with E-state index in [1.807, 2.05) is 364 Å². The monoisotopic (exact) mass is 2660 g/mol. The zero-order valence-electron chi connectivity index (χ0n) is 81.4. The van der Waals surface area contributed by atoms with Crippen molar-refractivity contribution in [2.24, 2.45) is 0 Å². The molecule has 0 aliphatic rings. The van der Waals surface area contributed by atoms with Crippen LogP contribution in [0.25, 0.3) is 145 Å². The number of fused-ring (bicyclic) bond motifs is 3. The molecule has 19 heteroatoms. The van der Waals surface area contributed by atoms with Crippen LogP contribution in [0.2, 0.25) is 0 Å². The quantitative estimate of drug-likeness (QED) is 0.121. The first-order chi connectivity index (χ1) is 71.9. The molecule has 0 aliphatic carbocycles. The van der Waals surface area contributed by atoms with E-state index in [1.165, 1.54) is 61.3 Å². The molecule has 24 aromatic rings. The summed E-state index contributed by atoms with van der Waals surface area (Å²) in [7, 11) is 0. The summed E-state index contributed by atoms with van der Waals surface area (Å²) in [5.41, 5.74) is 22.6. The Morgan fingerprint density at radius 1 is 0.227 bits per heavy atom. The average Bonchev–Trinajstić information content (AvgIpc) is 0.812. The molecule has 0 bridgehead atoms. The summed E-state index contributed by atoms with van der Waals surface area (Å²) in [6, 6.07) is 175. The summed E-state index contributed by atoms with van der Waals surface area (Å²) in [6.07, 6.45) is 19.3. The number of aryl methyl sites for hydroxylation is 3. The molecule has 150 heavy (non-hydrogen) atoms. The molecule has 13 aromatic carbocycles. The van der Waals surface area contributed by atoms with Gasteiger partial charge in [-0.3, -0.25) is 8.78 Å². The second kappa shape index (κ2) is 64.3. The molecule has 0 saturated heterocycles. The standard InChI is InChI=1S/3C15H10N.3C12H10N.C11H6F2N.3C11H8N.C6H5NO2.4Ir/c3*1-2-7-13(8-3-1)15-14-9-5-4-6-12(14)10-11-16-15;3*1-10-5-7-11(8-6-10)12-4-2-3-9-13-12;12-8-4-5-9(10(13)7-8)11-3-1-2-6-14-11;3*1-2-6-10(7-3-1)11-8-4-5-9-12-11;8-6(9)5-3-1-2-4-7-5;;;;/h3*1-7,9-11H;3*2-7,9H,1H3;1-4,6-7H;3*1-6,8-9H;1-4H,(H,8,9);;;;/q10*-1;;;;2*+3. The van der Waals surface area contributed by atoms with Gasteiger partial charge in [0.2, 0.25) is 0 Å². The third kappa shape index (κ3) is 37.0. The number of aromatic carboxylic acids is 1. The van der Waals surface area contributed by atoms with Crippen molar-refractivity contribution in [1.82, 2.24) is 54.8 Å². The van der Waals surface area contributed by atoms with E-state index in [9.17, 15) is 13.6 Å². The minimum Gasteiger partial charge on any atom is -0.477 e. The van der Waals surface area contributed by atoms with Gasteiger partial charge in [0.25, 0.3) is 0 Å². The Morgan fingerprint density at radius 2 is 0.467 bits per heavy atom. The number of aromatic nitrogens is 11. The third-order valence-electron chi connectivity index (χ3n) is 21.3. The van der Waals surface area contributed by atoms with Gasteiger partial charge in [0.05, 0.1) is 0 Å². The van der Waals surface area contributed by atoms with E-state index in [0.717, 1.165) is 113 Å². The van der Waals surface area contributed by atoms with Crippen LogP contribution in [0.15, 0.2) is 517 Å². The van der Waals surface area contributed by atoms with E-state index in [0.29, 0.717) is 5.69 Å². The number of halogens is 2. The second-order valence-corrected chi connectivity index (χ2v) is 31.7. The molecule has 740 valence electrons. The number of hydrogen-bond donors (Lipinski definition) is 1. The Kier molecular flexibility index (Phi) is 49.3. The molecule has 0 saturated carbocycles. The SMILES string of the molecule is Cc1c[c-]c(-c2ccccn2)cc1.Cc1c[c-]c(-c2ccccn2)cc1.Cc1c[c-]c(-c2ccccn2)cc1.Fc1c[c-]c(-c2ccccn2)c(F)c1.O=C(O)c1ccccn1.[Ir+3].[Ir+3].[Ir].[Ir].[c-]1ccccc1-c1ccccn1.[c-]1ccccc1-c1ccccn1.[c-]1ccccc1-c1ccccn1.[c-]1ccccc1-c1nccc2ccccc12.[c-]1ccccc1-c1nccc2ccccc12.[c-]1ccccc1-c1nccc2ccccc12. The summed E-state index contributed by atoms with van der Waals surface area (Å²) >= 11 is 0. The van der Waals surface area contributed by atoms with Gasteiger partial charge in [-0.1, -0.05) is 196 Å². The van der Waals surface area contributed by atoms with Gasteiger partial charge >= 0.3 is 46.2 Å². The smallest absolute Gasteiger partial charge is 0.477 e. The largest absolute Gasteiger partial charge is 3.00 e. The van der Waals surface area contributed by atoms with Crippen LogP contribution in [0.1, 0.15) is 27.2 Å². The fourth-order valence-corrected chi connectivity index (χ4v) is 14.0. The molecule has 0 aliphatic heterocycles. The number of rotatable bonds is 11. The van der Waals surface area contributed by atoms with Crippen LogP contribution >= 0.6 is 0 Å². The van der Waals surface area contributed by atoms with Gasteiger partial charge in [-0.25, -0.2) is 9.78 Å². The van der Waals surface area contributed by atoms with E-state index < -0.39 is 17.6 Å².